The maximum atomic E-state index is 12.6. The highest BCUT2D eigenvalue weighted by Crippen LogP contribution is 2.23. The topological polar surface area (TPSA) is 62.7 Å². The summed E-state index contributed by atoms with van der Waals surface area (Å²) in [5.74, 6) is -0.0129. The highest BCUT2D eigenvalue weighted by molar-refractivity contribution is 7.18. The zero-order valence-corrected chi connectivity index (χ0v) is 14.1. The van der Waals surface area contributed by atoms with E-state index in [1.54, 1.807) is 28.1 Å². The van der Waals surface area contributed by atoms with E-state index in [0.717, 1.165) is 15.2 Å². The number of hydrogen-bond donors (Lipinski definition) is 0. The van der Waals surface area contributed by atoms with Crippen molar-refractivity contribution in [2.24, 2.45) is 0 Å². The van der Waals surface area contributed by atoms with Gasteiger partial charge in [0.05, 0.1) is 21.8 Å². The number of carbonyl (C=O) groups excluding carboxylic acids is 2. The van der Waals surface area contributed by atoms with Gasteiger partial charge < -0.3 is 14.5 Å². The summed E-state index contributed by atoms with van der Waals surface area (Å²) in [6, 6.07) is 5.64. The average molecular weight is 333 g/mol. The Hall–Kier alpha value is -2.15. The molecule has 23 heavy (non-hydrogen) atoms. The molecule has 0 spiro atoms. The molecule has 2 aromatic rings. The number of carbonyl (C=O) groups is 2. The Morgan fingerprint density at radius 1 is 1.22 bits per heavy atom. The van der Waals surface area contributed by atoms with Crippen molar-refractivity contribution < 1.29 is 14.3 Å². The highest BCUT2D eigenvalue weighted by atomic mass is 32.1. The van der Waals surface area contributed by atoms with E-state index < -0.39 is 0 Å². The maximum absolute atomic E-state index is 12.6. The molecule has 1 aromatic heterocycles. The lowest BCUT2D eigenvalue weighted by Crippen LogP contribution is -2.50. The maximum Gasteiger partial charge on any atom is 0.409 e. The number of aromatic nitrogens is 1. The third kappa shape index (κ3) is 3.29. The number of ether oxygens (including phenoxy) is 1. The van der Waals surface area contributed by atoms with Crippen LogP contribution in [0.3, 0.4) is 0 Å². The number of rotatable bonds is 2. The highest BCUT2D eigenvalue weighted by Gasteiger charge is 2.25. The summed E-state index contributed by atoms with van der Waals surface area (Å²) in [5, 5.41) is 0.993. The Kier molecular flexibility index (Phi) is 4.47. The van der Waals surface area contributed by atoms with Crippen molar-refractivity contribution in [2.45, 2.75) is 13.8 Å². The Labute approximate surface area is 138 Å². The molecule has 0 aliphatic carbocycles. The number of hydrogen-bond acceptors (Lipinski definition) is 5. The van der Waals surface area contributed by atoms with E-state index >= 15 is 0 Å². The predicted octanol–water partition coefficient (Wildman–Crippen LogP) is 2.52. The largest absolute Gasteiger partial charge is 0.450 e. The first kappa shape index (κ1) is 15.7. The molecule has 0 bridgehead atoms. The third-order valence-electron chi connectivity index (χ3n) is 3.83. The van der Waals surface area contributed by atoms with E-state index in [0.29, 0.717) is 38.3 Å². The van der Waals surface area contributed by atoms with E-state index in [4.69, 9.17) is 4.74 Å². The molecule has 1 aromatic carbocycles. The molecule has 6 nitrogen and oxygen atoms in total. The molecule has 0 atom stereocenters. The van der Waals surface area contributed by atoms with Crippen molar-refractivity contribution in [2.75, 3.05) is 32.8 Å². The summed E-state index contributed by atoms with van der Waals surface area (Å²) >= 11 is 1.62. The summed E-state index contributed by atoms with van der Waals surface area (Å²) < 4.78 is 6.08. The second-order valence-corrected chi connectivity index (χ2v) is 6.63. The van der Waals surface area contributed by atoms with Gasteiger partial charge in [0.15, 0.2) is 0 Å². The molecule has 1 fully saturated rings. The fraction of sp³-hybridized carbons (Fsp3) is 0.438. The molecule has 1 aliphatic heterocycles. The molecule has 0 radical (unpaired) electrons. The number of fused-ring (bicyclic) bond motifs is 1. The van der Waals surface area contributed by atoms with Gasteiger partial charge in [-0.05, 0) is 32.0 Å². The zero-order chi connectivity index (χ0) is 16.4. The number of nitrogens with zero attached hydrogens (tertiary/aromatic N) is 3. The van der Waals surface area contributed by atoms with Gasteiger partial charge in [0.2, 0.25) is 0 Å². The summed E-state index contributed by atoms with van der Waals surface area (Å²) in [6.07, 6.45) is -0.307. The molecule has 2 heterocycles. The minimum absolute atomic E-state index is 0.0129. The standard InChI is InChI=1S/C16H19N3O3S/c1-3-22-16(21)19-8-6-18(7-9-19)15(20)12-4-5-14-13(10-12)17-11(2)23-14/h4-5,10H,3,6-9H2,1-2H3. The van der Waals surface area contributed by atoms with Crippen LogP contribution in [0.2, 0.25) is 0 Å². The van der Waals surface area contributed by atoms with Crippen LogP contribution in [0.1, 0.15) is 22.3 Å². The number of thiazole rings is 1. The van der Waals surface area contributed by atoms with E-state index in [-0.39, 0.29) is 12.0 Å². The van der Waals surface area contributed by atoms with Gasteiger partial charge in [-0.15, -0.1) is 11.3 Å². The van der Waals surface area contributed by atoms with Crippen molar-refractivity contribution in [3.05, 3.63) is 28.8 Å². The smallest absolute Gasteiger partial charge is 0.409 e. The number of benzene rings is 1. The van der Waals surface area contributed by atoms with Gasteiger partial charge >= 0.3 is 6.09 Å². The predicted molar refractivity (Wildman–Crippen MR) is 88.9 cm³/mol. The van der Waals surface area contributed by atoms with Crippen LogP contribution in [0.5, 0.6) is 0 Å². The van der Waals surface area contributed by atoms with Gasteiger partial charge in [0.1, 0.15) is 0 Å². The summed E-state index contributed by atoms with van der Waals surface area (Å²) in [6.45, 7) is 6.16. The van der Waals surface area contributed by atoms with Gasteiger partial charge in [-0.1, -0.05) is 0 Å². The van der Waals surface area contributed by atoms with Gasteiger partial charge in [0, 0.05) is 31.7 Å². The Bertz CT molecular complexity index is 735. The molecular weight excluding hydrogens is 314 g/mol. The zero-order valence-electron chi connectivity index (χ0n) is 13.2. The molecule has 0 saturated carbocycles. The first-order valence-electron chi connectivity index (χ1n) is 7.66. The number of aryl methyl sites for hydroxylation is 1. The van der Waals surface area contributed by atoms with Gasteiger partial charge in [-0.25, -0.2) is 9.78 Å². The monoisotopic (exact) mass is 333 g/mol. The minimum atomic E-state index is -0.307. The van der Waals surface area contributed by atoms with Crippen LogP contribution in [-0.2, 0) is 4.74 Å². The van der Waals surface area contributed by atoms with Gasteiger partial charge in [-0.2, -0.15) is 0 Å². The molecule has 1 aliphatic rings. The van der Waals surface area contributed by atoms with Gasteiger partial charge in [0.25, 0.3) is 5.91 Å². The first-order chi connectivity index (χ1) is 11.1. The summed E-state index contributed by atoms with van der Waals surface area (Å²) in [4.78, 5) is 32.2. The minimum Gasteiger partial charge on any atom is -0.450 e. The second-order valence-electron chi connectivity index (χ2n) is 5.39. The molecule has 3 rings (SSSR count). The molecule has 0 unspecified atom stereocenters. The van der Waals surface area contributed by atoms with Crippen molar-refractivity contribution in [3.63, 3.8) is 0 Å². The van der Waals surface area contributed by atoms with E-state index in [1.165, 1.54) is 0 Å². The molecule has 122 valence electrons. The lowest BCUT2D eigenvalue weighted by molar-refractivity contribution is 0.0570. The van der Waals surface area contributed by atoms with Crippen LogP contribution >= 0.6 is 11.3 Å². The van der Waals surface area contributed by atoms with Crippen molar-refractivity contribution >= 4 is 33.6 Å². The fourth-order valence-corrected chi connectivity index (χ4v) is 3.47. The number of amides is 2. The Morgan fingerprint density at radius 2 is 1.91 bits per heavy atom. The quantitative estimate of drug-likeness (QED) is 0.847. The summed E-state index contributed by atoms with van der Waals surface area (Å²) in [5.41, 5.74) is 1.51. The molecule has 1 saturated heterocycles. The SMILES string of the molecule is CCOC(=O)N1CCN(C(=O)c2ccc3sc(C)nc3c2)CC1. The van der Waals surface area contributed by atoms with Crippen LogP contribution in [-0.4, -0.2) is 59.6 Å². The molecule has 2 amide bonds. The molecular formula is C16H19N3O3S. The number of piperazine rings is 1. The van der Waals surface area contributed by atoms with Crippen LogP contribution in [0.4, 0.5) is 4.79 Å². The van der Waals surface area contributed by atoms with Crippen LogP contribution in [0.15, 0.2) is 18.2 Å². The van der Waals surface area contributed by atoms with Crippen molar-refractivity contribution in [1.29, 1.82) is 0 Å². The van der Waals surface area contributed by atoms with E-state index in [1.807, 2.05) is 25.1 Å². The Morgan fingerprint density at radius 3 is 2.61 bits per heavy atom. The first-order valence-corrected chi connectivity index (χ1v) is 8.48. The lowest BCUT2D eigenvalue weighted by atomic mass is 10.1. The van der Waals surface area contributed by atoms with Gasteiger partial charge in [-0.3, -0.25) is 4.79 Å². The molecule has 7 heteroatoms. The molecule has 0 N–H and O–H groups in total. The fourth-order valence-electron chi connectivity index (χ4n) is 2.67. The van der Waals surface area contributed by atoms with E-state index in [9.17, 15) is 9.59 Å². The third-order valence-corrected chi connectivity index (χ3v) is 4.79. The lowest BCUT2D eigenvalue weighted by Gasteiger charge is -2.34. The average Bonchev–Trinajstić information content (AvgIpc) is 2.93. The van der Waals surface area contributed by atoms with Crippen molar-refractivity contribution in [1.82, 2.24) is 14.8 Å². The normalized spacial score (nSPS) is 15.0. The summed E-state index contributed by atoms with van der Waals surface area (Å²) in [7, 11) is 0. The second kappa shape index (κ2) is 6.54. The van der Waals surface area contributed by atoms with Crippen LogP contribution in [0, 0.1) is 6.92 Å². The van der Waals surface area contributed by atoms with Crippen molar-refractivity contribution in [3.8, 4) is 0 Å². The van der Waals surface area contributed by atoms with E-state index in [2.05, 4.69) is 4.98 Å². The van der Waals surface area contributed by atoms with Crippen LogP contribution < -0.4 is 0 Å². The Balaban J connectivity index is 1.67. The van der Waals surface area contributed by atoms with Crippen LogP contribution in [0.25, 0.3) is 10.2 Å².